The van der Waals surface area contributed by atoms with Crippen molar-refractivity contribution in [1.82, 2.24) is 5.32 Å². The van der Waals surface area contributed by atoms with Gasteiger partial charge in [0.1, 0.15) is 11.5 Å². The first-order chi connectivity index (χ1) is 13.5. The lowest BCUT2D eigenvalue weighted by atomic mass is 9.85. The number of anilines is 1. The first kappa shape index (κ1) is 22.5. The average Bonchev–Trinajstić information content (AvgIpc) is 2.62. The summed E-state index contributed by atoms with van der Waals surface area (Å²) in [6.07, 6.45) is 0. The molecule has 156 valence electrons. The van der Waals surface area contributed by atoms with Crippen LogP contribution in [0, 0.1) is 21.8 Å². The highest BCUT2D eigenvalue weighted by molar-refractivity contribution is 5.94. The van der Waals surface area contributed by atoms with Crippen LogP contribution in [0.15, 0.2) is 42.5 Å². The largest absolute Gasteiger partial charge is 0.319 e. The second kappa shape index (κ2) is 9.13. The molecule has 6 nitrogen and oxygen atoms in total. The highest BCUT2D eigenvalue weighted by Gasteiger charge is 2.20. The fourth-order valence-electron chi connectivity index (χ4n) is 3.09. The van der Waals surface area contributed by atoms with Gasteiger partial charge in [0, 0.05) is 6.04 Å². The zero-order valence-corrected chi connectivity index (χ0v) is 17.5. The molecule has 0 heterocycles. The third-order valence-corrected chi connectivity index (χ3v) is 4.72. The highest BCUT2D eigenvalue weighted by atomic mass is 19.1. The topological polar surface area (TPSA) is 84.3 Å². The predicted molar refractivity (Wildman–Crippen MR) is 112 cm³/mol. The molecular formula is C22H28FN3O3. The molecular weight excluding hydrogens is 373 g/mol. The van der Waals surface area contributed by atoms with Gasteiger partial charge < -0.3 is 10.6 Å². The number of hydrogen-bond donors (Lipinski definition) is 2. The zero-order valence-electron chi connectivity index (χ0n) is 17.5. The van der Waals surface area contributed by atoms with E-state index in [-0.39, 0.29) is 29.6 Å². The lowest BCUT2D eigenvalue weighted by Crippen LogP contribution is -2.33. The van der Waals surface area contributed by atoms with Crippen LogP contribution in [0.2, 0.25) is 0 Å². The van der Waals surface area contributed by atoms with Gasteiger partial charge in [0.05, 0.1) is 17.5 Å². The fraction of sp³-hybridized carbons (Fsp3) is 0.409. The summed E-state index contributed by atoms with van der Waals surface area (Å²) >= 11 is 0. The Kier molecular flexibility index (Phi) is 7.08. The maximum absolute atomic E-state index is 13.2. The highest BCUT2D eigenvalue weighted by Crippen LogP contribution is 2.27. The van der Waals surface area contributed by atoms with Crippen LogP contribution >= 0.6 is 0 Å². The maximum Gasteiger partial charge on any atom is 0.295 e. The first-order valence-electron chi connectivity index (χ1n) is 9.56. The summed E-state index contributed by atoms with van der Waals surface area (Å²) in [5, 5.41) is 16.8. The average molecular weight is 401 g/mol. The summed E-state index contributed by atoms with van der Waals surface area (Å²) in [6.45, 7) is 10.5. The van der Waals surface area contributed by atoms with Crippen molar-refractivity contribution in [3.05, 3.63) is 69.5 Å². The molecule has 0 radical (unpaired) electrons. The molecule has 1 atom stereocenters. The van der Waals surface area contributed by atoms with Gasteiger partial charge in [-0.3, -0.25) is 14.9 Å². The van der Waals surface area contributed by atoms with Gasteiger partial charge in [-0.05, 0) is 34.6 Å². The maximum atomic E-state index is 13.2. The third kappa shape index (κ3) is 6.09. The summed E-state index contributed by atoms with van der Waals surface area (Å²) in [6, 6.07) is 11.3. The van der Waals surface area contributed by atoms with Gasteiger partial charge in [-0.25, -0.2) is 4.39 Å². The molecule has 0 saturated heterocycles. The minimum atomic E-state index is -0.730. The van der Waals surface area contributed by atoms with Crippen LogP contribution in [0.1, 0.15) is 51.8 Å². The number of rotatable bonds is 7. The standard InChI is InChI=1S/C22H28FN3O3/c1-14(2)21(15-6-8-16(9-7-15)22(3,4)5)24-13-20(27)25-18-11-10-17(23)12-19(18)26(28)29/h6-12,14,21,24H,13H2,1-5H3,(H,25,27). The van der Waals surface area contributed by atoms with E-state index in [1.165, 1.54) is 11.6 Å². The number of hydrogen-bond acceptors (Lipinski definition) is 4. The molecule has 2 aromatic carbocycles. The van der Waals surface area contributed by atoms with Crippen molar-refractivity contribution in [2.24, 2.45) is 5.92 Å². The molecule has 0 aliphatic rings. The van der Waals surface area contributed by atoms with E-state index in [4.69, 9.17) is 0 Å². The van der Waals surface area contributed by atoms with Gasteiger partial charge in [0.2, 0.25) is 5.91 Å². The lowest BCUT2D eigenvalue weighted by Gasteiger charge is -2.25. The van der Waals surface area contributed by atoms with Crippen LogP contribution in [0.5, 0.6) is 0 Å². The van der Waals surface area contributed by atoms with Gasteiger partial charge in [-0.1, -0.05) is 58.9 Å². The van der Waals surface area contributed by atoms with E-state index in [1.807, 2.05) is 0 Å². The SMILES string of the molecule is CC(C)C(NCC(=O)Nc1ccc(F)cc1[N+](=O)[O-])c1ccc(C(C)(C)C)cc1. The Balaban J connectivity index is 2.08. The van der Waals surface area contributed by atoms with E-state index in [9.17, 15) is 19.3 Å². The zero-order chi connectivity index (χ0) is 21.8. The summed E-state index contributed by atoms with van der Waals surface area (Å²) in [7, 11) is 0. The molecule has 2 aromatic rings. The number of nitro benzene ring substituents is 1. The van der Waals surface area contributed by atoms with Crippen LogP contribution in [-0.2, 0) is 10.2 Å². The Bertz CT molecular complexity index is 874. The Morgan fingerprint density at radius 1 is 1.14 bits per heavy atom. The third-order valence-electron chi connectivity index (χ3n) is 4.72. The van der Waals surface area contributed by atoms with E-state index in [0.717, 1.165) is 17.7 Å². The molecule has 0 fully saturated rings. The lowest BCUT2D eigenvalue weighted by molar-refractivity contribution is -0.384. The monoisotopic (exact) mass is 401 g/mol. The molecule has 0 bridgehead atoms. The Morgan fingerprint density at radius 3 is 2.28 bits per heavy atom. The van der Waals surface area contributed by atoms with Gasteiger partial charge in [-0.2, -0.15) is 0 Å². The van der Waals surface area contributed by atoms with Crippen LogP contribution in [0.25, 0.3) is 0 Å². The summed E-state index contributed by atoms with van der Waals surface area (Å²) in [5.74, 6) is -0.938. The number of nitrogens with one attached hydrogen (secondary N) is 2. The molecule has 1 unspecified atom stereocenters. The van der Waals surface area contributed by atoms with E-state index in [1.54, 1.807) is 0 Å². The number of nitro groups is 1. The summed E-state index contributed by atoms with van der Waals surface area (Å²) in [4.78, 5) is 22.7. The fourth-order valence-corrected chi connectivity index (χ4v) is 3.09. The Hall–Kier alpha value is -2.80. The van der Waals surface area contributed by atoms with Gasteiger partial charge in [0.15, 0.2) is 0 Å². The van der Waals surface area contributed by atoms with Crippen molar-refractivity contribution >= 4 is 17.3 Å². The Morgan fingerprint density at radius 2 is 1.76 bits per heavy atom. The van der Waals surface area contributed by atoms with Crippen LogP contribution in [0.4, 0.5) is 15.8 Å². The van der Waals surface area contributed by atoms with Crippen molar-refractivity contribution < 1.29 is 14.1 Å². The van der Waals surface area contributed by atoms with Gasteiger partial charge in [0.25, 0.3) is 5.69 Å². The second-order valence-corrected chi connectivity index (χ2v) is 8.44. The van der Waals surface area contributed by atoms with Crippen molar-refractivity contribution in [3.63, 3.8) is 0 Å². The minimum Gasteiger partial charge on any atom is -0.319 e. The number of carbonyl (C=O) groups excluding carboxylic acids is 1. The van der Waals surface area contributed by atoms with Crippen LogP contribution in [-0.4, -0.2) is 17.4 Å². The number of amides is 1. The number of benzene rings is 2. The van der Waals surface area contributed by atoms with Gasteiger partial charge in [-0.15, -0.1) is 0 Å². The van der Waals surface area contributed by atoms with E-state index in [0.29, 0.717) is 0 Å². The van der Waals surface area contributed by atoms with Crippen molar-refractivity contribution in [2.75, 3.05) is 11.9 Å². The molecule has 0 spiro atoms. The molecule has 0 saturated carbocycles. The molecule has 0 aliphatic heterocycles. The molecule has 0 aromatic heterocycles. The summed E-state index contributed by atoms with van der Waals surface area (Å²) < 4.78 is 13.2. The van der Waals surface area contributed by atoms with Crippen LogP contribution in [0.3, 0.4) is 0 Å². The van der Waals surface area contributed by atoms with E-state index in [2.05, 4.69) is 69.5 Å². The normalized spacial score (nSPS) is 12.7. The first-order valence-corrected chi connectivity index (χ1v) is 9.56. The number of halogens is 1. The van der Waals surface area contributed by atoms with Crippen molar-refractivity contribution in [3.8, 4) is 0 Å². The number of nitrogens with zero attached hydrogens (tertiary/aromatic N) is 1. The van der Waals surface area contributed by atoms with Gasteiger partial charge >= 0.3 is 0 Å². The molecule has 7 heteroatoms. The number of carbonyl (C=O) groups is 1. The van der Waals surface area contributed by atoms with Crippen molar-refractivity contribution in [2.45, 2.75) is 46.1 Å². The van der Waals surface area contributed by atoms with Crippen molar-refractivity contribution in [1.29, 1.82) is 0 Å². The minimum absolute atomic E-state index is 0.0289. The predicted octanol–water partition coefficient (Wildman–Crippen LogP) is 4.96. The van der Waals surface area contributed by atoms with E-state index < -0.39 is 22.3 Å². The molecule has 2 rings (SSSR count). The smallest absolute Gasteiger partial charge is 0.295 e. The molecule has 2 N–H and O–H groups in total. The Labute approximate surface area is 170 Å². The second-order valence-electron chi connectivity index (χ2n) is 8.44. The molecule has 0 aliphatic carbocycles. The molecule has 1 amide bonds. The quantitative estimate of drug-likeness (QED) is 0.507. The summed E-state index contributed by atoms with van der Waals surface area (Å²) in [5.41, 5.74) is 1.84. The van der Waals surface area contributed by atoms with E-state index >= 15 is 0 Å². The molecule has 29 heavy (non-hydrogen) atoms. The van der Waals surface area contributed by atoms with Crippen LogP contribution < -0.4 is 10.6 Å².